The fourth-order valence-corrected chi connectivity index (χ4v) is 6.46. The summed E-state index contributed by atoms with van der Waals surface area (Å²) in [5.74, 6) is -1.50. The van der Waals surface area contributed by atoms with Gasteiger partial charge >= 0.3 is 17.9 Å². The van der Waals surface area contributed by atoms with E-state index in [2.05, 4.69) is 19.9 Å². The molecule has 0 radical (unpaired) electrons. The highest BCUT2D eigenvalue weighted by molar-refractivity contribution is 5.85. The summed E-state index contributed by atoms with van der Waals surface area (Å²) in [6.45, 7) is 6.77. The molecule has 0 amide bonds. The summed E-state index contributed by atoms with van der Waals surface area (Å²) < 4.78 is 29.7. The largest absolute Gasteiger partial charge is 0.462 e. The Bertz CT molecular complexity index is 1050. The van der Waals surface area contributed by atoms with E-state index in [0.717, 1.165) is 18.4 Å². The molecule has 2 unspecified atom stereocenters. The Morgan fingerprint density at radius 2 is 1.63 bits per heavy atom. The second-order valence-corrected chi connectivity index (χ2v) is 10.5. The zero-order chi connectivity index (χ0) is 24.8. The molecular formula is C27H32O8. The summed E-state index contributed by atoms with van der Waals surface area (Å²) in [5.41, 5.74) is 0.194. The third-order valence-corrected chi connectivity index (χ3v) is 8.63. The quantitative estimate of drug-likeness (QED) is 0.224. The number of epoxide rings is 1. The van der Waals surface area contributed by atoms with Crippen LogP contribution >= 0.6 is 0 Å². The number of carbonyl (C=O) groups excluding carboxylic acids is 3. The van der Waals surface area contributed by atoms with E-state index in [0.29, 0.717) is 19.4 Å². The highest BCUT2D eigenvalue weighted by Crippen LogP contribution is 2.72. The van der Waals surface area contributed by atoms with Crippen molar-refractivity contribution in [2.24, 2.45) is 10.8 Å². The number of ether oxygens (including phenoxy) is 5. The number of hydrogen-bond donors (Lipinski definition) is 0. The maximum Gasteiger partial charge on any atom is 0.331 e. The standard InChI is InChI=1S/C27H32O8/c1-17-8-10-26-15-32-24(30)13-18(2)9-11-31-22(28)6-4-5-7-23(29)35-19-14-21(34-20(26)12-17)27(16-33-27)25(19,26)3/h4-7,12-13,19-21H,8-11,14-16H2,1-3H3/b6-4+,7-5-,18-13+/t19-,20?,21+,25+,26?,27+/m1/s1. The fourth-order valence-electron chi connectivity index (χ4n) is 6.46. The van der Waals surface area contributed by atoms with Crippen LogP contribution in [0, 0.1) is 10.8 Å². The van der Waals surface area contributed by atoms with Gasteiger partial charge in [-0.25, -0.2) is 14.4 Å². The predicted molar refractivity (Wildman–Crippen MR) is 124 cm³/mol. The zero-order valence-electron chi connectivity index (χ0n) is 20.4. The summed E-state index contributed by atoms with van der Waals surface area (Å²) in [4.78, 5) is 37.4. The molecule has 5 aliphatic rings. The van der Waals surface area contributed by atoms with Crippen molar-refractivity contribution in [3.8, 4) is 0 Å². The Labute approximate surface area is 204 Å². The van der Waals surface area contributed by atoms with E-state index in [9.17, 15) is 14.4 Å². The third kappa shape index (κ3) is 3.87. The molecule has 2 bridgehead atoms. The normalized spacial score (nSPS) is 44.9. The van der Waals surface area contributed by atoms with Crippen LogP contribution in [0.4, 0.5) is 0 Å². The van der Waals surface area contributed by atoms with Gasteiger partial charge in [-0.2, -0.15) is 0 Å². The molecule has 188 valence electrons. The average molecular weight is 485 g/mol. The number of carbonyl (C=O) groups is 3. The lowest BCUT2D eigenvalue weighted by Gasteiger charge is -2.58. The number of rotatable bonds is 0. The topological polar surface area (TPSA) is 101 Å². The molecule has 2 saturated heterocycles. The van der Waals surface area contributed by atoms with E-state index in [1.807, 2.05) is 0 Å². The monoisotopic (exact) mass is 484 g/mol. The first kappa shape index (κ1) is 24.0. The molecule has 8 nitrogen and oxygen atoms in total. The molecule has 0 aromatic rings. The molecule has 0 aromatic heterocycles. The Balaban J connectivity index is 1.53. The van der Waals surface area contributed by atoms with Crippen molar-refractivity contribution in [1.82, 2.24) is 0 Å². The van der Waals surface area contributed by atoms with Crippen LogP contribution in [0.2, 0.25) is 0 Å². The molecule has 2 spiro atoms. The Morgan fingerprint density at radius 3 is 2.37 bits per heavy atom. The molecule has 8 heteroatoms. The van der Waals surface area contributed by atoms with Gasteiger partial charge in [-0.15, -0.1) is 0 Å². The van der Waals surface area contributed by atoms with Gasteiger partial charge < -0.3 is 23.7 Å². The fraction of sp³-hybridized carbons (Fsp3) is 0.593. The molecule has 2 aliphatic carbocycles. The summed E-state index contributed by atoms with van der Waals surface area (Å²) in [6, 6.07) is 0. The molecule has 1 saturated carbocycles. The van der Waals surface area contributed by atoms with Crippen LogP contribution in [0.15, 0.2) is 47.6 Å². The van der Waals surface area contributed by atoms with Gasteiger partial charge in [0, 0.05) is 36.5 Å². The number of allylic oxidation sites excluding steroid dienone is 3. The summed E-state index contributed by atoms with van der Waals surface area (Å²) in [7, 11) is 0. The van der Waals surface area contributed by atoms with Crippen LogP contribution < -0.4 is 0 Å². The van der Waals surface area contributed by atoms with Gasteiger partial charge in [0.2, 0.25) is 0 Å². The van der Waals surface area contributed by atoms with Crippen LogP contribution in [0.5, 0.6) is 0 Å². The van der Waals surface area contributed by atoms with Gasteiger partial charge in [0.1, 0.15) is 18.3 Å². The van der Waals surface area contributed by atoms with Crippen molar-refractivity contribution in [3.05, 3.63) is 47.6 Å². The van der Waals surface area contributed by atoms with Crippen LogP contribution in [0.25, 0.3) is 0 Å². The minimum absolute atomic E-state index is 0.125. The molecule has 3 aliphatic heterocycles. The lowest BCUT2D eigenvalue weighted by molar-refractivity contribution is -0.232. The summed E-state index contributed by atoms with van der Waals surface area (Å²) in [6.07, 6.45) is 10.5. The van der Waals surface area contributed by atoms with Crippen molar-refractivity contribution in [2.45, 2.75) is 70.4 Å². The molecular weight excluding hydrogens is 452 g/mol. The van der Waals surface area contributed by atoms with Crippen molar-refractivity contribution < 1.29 is 38.1 Å². The Morgan fingerprint density at radius 1 is 0.886 bits per heavy atom. The first-order valence-corrected chi connectivity index (χ1v) is 12.2. The van der Waals surface area contributed by atoms with Crippen molar-refractivity contribution >= 4 is 17.9 Å². The van der Waals surface area contributed by atoms with Crippen LogP contribution in [0.3, 0.4) is 0 Å². The molecule has 3 fully saturated rings. The summed E-state index contributed by atoms with van der Waals surface area (Å²) >= 11 is 0. The van der Waals surface area contributed by atoms with Crippen LogP contribution in [-0.2, 0) is 38.1 Å². The van der Waals surface area contributed by atoms with E-state index >= 15 is 0 Å². The Kier molecular flexibility index (Phi) is 6.00. The van der Waals surface area contributed by atoms with E-state index in [1.54, 1.807) is 6.92 Å². The van der Waals surface area contributed by atoms with Gasteiger partial charge in [-0.3, -0.25) is 0 Å². The number of hydrogen-bond acceptors (Lipinski definition) is 8. The molecule has 5 rings (SSSR count). The van der Waals surface area contributed by atoms with Crippen molar-refractivity contribution in [1.29, 1.82) is 0 Å². The van der Waals surface area contributed by atoms with E-state index in [-0.39, 0.29) is 25.4 Å². The Hall–Kier alpha value is -2.71. The zero-order valence-corrected chi connectivity index (χ0v) is 20.4. The average Bonchev–Trinajstić information content (AvgIpc) is 3.58. The second kappa shape index (κ2) is 8.75. The molecule has 35 heavy (non-hydrogen) atoms. The molecule has 0 aromatic carbocycles. The van der Waals surface area contributed by atoms with Gasteiger partial charge in [0.05, 0.1) is 30.8 Å². The lowest BCUT2D eigenvalue weighted by atomic mass is 9.51. The van der Waals surface area contributed by atoms with Gasteiger partial charge in [-0.1, -0.05) is 36.3 Å². The van der Waals surface area contributed by atoms with Crippen LogP contribution in [-0.4, -0.2) is 61.6 Å². The smallest absolute Gasteiger partial charge is 0.331 e. The predicted octanol–water partition coefficient (Wildman–Crippen LogP) is 3.12. The SMILES string of the molecule is CC1=CC2O[C@H]3C[C@H]4OC(=O)/C=C\C=C\C(=O)OCC/C(C)=C/C(=O)OCC2(CC1)[C@@]4(C)[C@]31CO1. The number of esters is 3. The molecule has 6 atom stereocenters. The highest BCUT2D eigenvalue weighted by atomic mass is 16.6. The van der Waals surface area contributed by atoms with Gasteiger partial charge in [-0.05, 0) is 26.7 Å². The maximum atomic E-state index is 12.8. The minimum atomic E-state index is -0.613. The maximum absolute atomic E-state index is 12.8. The lowest BCUT2D eigenvalue weighted by Crippen LogP contribution is -2.66. The first-order valence-electron chi connectivity index (χ1n) is 12.2. The van der Waals surface area contributed by atoms with E-state index in [1.165, 1.54) is 36.0 Å². The summed E-state index contributed by atoms with van der Waals surface area (Å²) in [5, 5.41) is 0. The van der Waals surface area contributed by atoms with Gasteiger partial charge in [0.15, 0.2) is 0 Å². The minimum Gasteiger partial charge on any atom is -0.462 e. The molecule has 0 N–H and O–H groups in total. The first-order chi connectivity index (χ1) is 16.7. The second-order valence-electron chi connectivity index (χ2n) is 10.5. The van der Waals surface area contributed by atoms with E-state index in [4.69, 9.17) is 23.7 Å². The molecule has 3 heterocycles. The van der Waals surface area contributed by atoms with Crippen molar-refractivity contribution in [2.75, 3.05) is 19.8 Å². The number of cyclic esters (lactones) is 2. The van der Waals surface area contributed by atoms with Gasteiger partial charge in [0.25, 0.3) is 0 Å². The van der Waals surface area contributed by atoms with Crippen molar-refractivity contribution in [3.63, 3.8) is 0 Å². The van der Waals surface area contributed by atoms with E-state index < -0.39 is 40.4 Å². The third-order valence-electron chi connectivity index (χ3n) is 8.63. The highest BCUT2D eigenvalue weighted by Gasteiger charge is 2.83. The van der Waals surface area contributed by atoms with Crippen LogP contribution in [0.1, 0.15) is 46.5 Å².